The van der Waals surface area contributed by atoms with Crippen molar-refractivity contribution in [3.8, 4) is 0 Å². The van der Waals surface area contributed by atoms with Crippen LogP contribution < -0.4 is 10.0 Å². The highest BCUT2D eigenvalue weighted by molar-refractivity contribution is 7.89. The molecular formula is C10H22N2O3S. The summed E-state index contributed by atoms with van der Waals surface area (Å²) >= 11 is 0. The Morgan fingerprint density at radius 1 is 1.31 bits per heavy atom. The van der Waals surface area contributed by atoms with Crippen molar-refractivity contribution in [1.82, 2.24) is 10.0 Å². The minimum absolute atomic E-state index is 0.112. The van der Waals surface area contributed by atoms with E-state index < -0.39 is 10.0 Å². The predicted octanol–water partition coefficient (Wildman–Crippen LogP) is 0.478. The summed E-state index contributed by atoms with van der Waals surface area (Å²) in [7, 11) is -3.19. The summed E-state index contributed by atoms with van der Waals surface area (Å²) in [4.78, 5) is 11.2. The van der Waals surface area contributed by atoms with E-state index in [4.69, 9.17) is 0 Å². The topological polar surface area (TPSA) is 75.3 Å². The van der Waals surface area contributed by atoms with Gasteiger partial charge in [-0.1, -0.05) is 20.8 Å². The molecule has 96 valence electrons. The molecule has 16 heavy (non-hydrogen) atoms. The van der Waals surface area contributed by atoms with E-state index in [0.717, 1.165) is 0 Å². The summed E-state index contributed by atoms with van der Waals surface area (Å²) in [6, 6.07) is 0. The van der Waals surface area contributed by atoms with Gasteiger partial charge in [-0.2, -0.15) is 0 Å². The molecule has 1 amide bonds. The molecule has 0 spiro atoms. The fourth-order valence-corrected chi connectivity index (χ4v) is 2.16. The van der Waals surface area contributed by atoms with Crippen LogP contribution in [0.15, 0.2) is 0 Å². The quantitative estimate of drug-likeness (QED) is 0.658. The molecule has 0 rings (SSSR count). The first kappa shape index (κ1) is 15.4. The monoisotopic (exact) mass is 250 g/mol. The second-order valence-corrected chi connectivity index (χ2v) is 6.09. The molecule has 0 aromatic rings. The van der Waals surface area contributed by atoms with E-state index in [9.17, 15) is 13.2 Å². The fraction of sp³-hybridized carbons (Fsp3) is 0.900. The first-order chi connectivity index (χ1) is 7.37. The Balaban J connectivity index is 3.70. The Morgan fingerprint density at radius 3 is 2.44 bits per heavy atom. The number of hydrogen-bond acceptors (Lipinski definition) is 3. The summed E-state index contributed by atoms with van der Waals surface area (Å²) in [5, 5.41) is 2.73. The largest absolute Gasteiger partial charge is 0.356 e. The molecule has 0 aliphatic rings. The normalized spacial score (nSPS) is 11.8. The maximum atomic E-state index is 11.2. The summed E-state index contributed by atoms with van der Waals surface area (Å²) in [6.45, 7) is 6.61. The Labute approximate surface area is 98.0 Å². The van der Waals surface area contributed by atoms with Gasteiger partial charge in [0, 0.05) is 19.5 Å². The molecule has 0 unspecified atom stereocenters. The highest BCUT2D eigenvalue weighted by Crippen LogP contribution is 1.90. The van der Waals surface area contributed by atoms with Crippen LogP contribution in [0.4, 0.5) is 0 Å². The van der Waals surface area contributed by atoms with E-state index in [-0.39, 0.29) is 24.6 Å². The number of carbonyl (C=O) groups excluding carboxylic acids is 1. The van der Waals surface area contributed by atoms with Gasteiger partial charge in [0.2, 0.25) is 15.9 Å². The highest BCUT2D eigenvalue weighted by atomic mass is 32.2. The lowest BCUT2D eigenvalue weighted by Gasteiger charge is -2.08. The molecule has 0 heterocycles. The van der Waals surface area contributed by atoms with Gasteiger partial charge >= 0.3 is 0 Å². The molecule has 0 atom stereocenters. The average Bonchev–Trinajstić information content (AvgIpc) is 2.14. The van der Waals surface area contributed by atoms with Crippen molar-refractivity contribution in [3.63, 3.8) is 0 Å². The van der Waals surface area contributed by atoms with Gasteiger partial charge in [-0.3, -0.25) is 4.79 Å². The maximum Gasteiger partial charge on any atom is 0.221 e. The van der Waals surface area contributed by atoms with Crippen molar-refractivity contribution in [3.05, 3.63) is 0 Å². The number of hydrogen-bond donors (Lipinski definition) is 2. The molecule has 5 nitrogen and oxygen atoms in total. The molecule has 0 saturated heterocycles. The smallest absolute Gasteiger partial charge is 0.221 e. The summed E-state index contributed by atoms with van der Waals surface area (Å²) in [6.07, 6.45) is 0.768. The molecule has 6 heteroatoms. The van der Waals surface area contributed by atoms with Crippen molar-refractivity contribution in [2.75, 3.05) is 18.8 Å². The standard InChI is InChI=1S/C10H22N2O3S/c1-4-7-16(14,15)12-6-5-10(13)11-8-9(2)3/h9,12H,4-8H2,1-3H3,(H,11,13). The average molecular weight is 250 g/mol. The molecular weight excluding hydrogens is 228 g/mol. The van der Waals surface area contributed by atoms with Crippen LogP contribution in [-0.2, 0) is 14.8 Å². The SMILES string of the molecule is CCCS(=O)(=O)NCCC(=O)NCC(C)C. The number of nitrogens with one attached hydrogen (secondary N) is 2. The Hall–Kier alpha value is -0.620. The van der Waals surface area contributed by atoms with Gasteiger partial charge in [0.15, 0.2) is 0 Å². The molecule has 0 bridgehead atoms. The molecule has 0 radical (unpaired) electrons. The Kier molecular flexibility index (Phi) is 7.33. The molecule has 2 N–H and O–H groups in total. The fourth-order valence-electron chi connectivity index (χ4n) is 1.07. The highest BCUT2D eigenvalue weighted by Gasteiger charge is 2.09. The lowest BCUT2D eigenvalue weighted by atomic mass is 10.2. The lowest BCUT2D eigenvalue weighted by molar-refractivity contribution is -0.121. The van der Waals surface area contributed by atoms with Gasteiger partial charge in [0.25, 0.3) is 0 Å². The van der Waals surface area contributed by atoms with Crippen molar-refractivity contribution in [2.45, 2.75) is 33.6 Å². The number of sulfonamides is 1. The molecule has 0 fully saturated rings. The van der Waals surface area contributed by atoms with E-state index in [0.29, 0.717) is 18.9 Å². The van der Waals surface area contributed by atoms with Crippen LogP contribution in [0.25, 0.3) is 0 Å². The van der Waals surface area contributed by atoms with Crippen LogP contribution in [0.3, 0.4) is 0 Å². The van der Waals surface area contributed by atoms with Crippen LogP contribution in [-0.4, -0.2) is 33.2 Å². The zero-order chi connectivity index (χ0) is 12.6. The van der Waals surface area contributed by atoms with Crippen LogP contribution >= 0.6 is 0 Å². The van der Waals surface area contributed by atoms with E-state index in [2.05, 4.69) is 10.0 Å². The number of rotatable bonds is 8. The van der Waals surface area contributed by atoms with Gasteiger partial charge < -0.3 is 5.32 Å². The summed E-state index contributed by atoms with van der Waals surface area (Å²) in [5.74, 6) is 0.397. The zero-order valence-corrected chi connectivity index (χ0v) is 11.1. The first-order valence-corrected chi connectivity index (χ1v) is 7.26. The van der Waals surface area contributed by atoms with Crippen LogP contribution in [0.1, 0.15) is 33.6 Å². The number of carbonyl (C=O) groups is 1. The molecule has 0 aromatic carbocycles. The lowest BCUT2D eigenvalue weighted by Crippen LogP contribution is -2.33. The van der Waals surface area contributed by atoms with E-state index in [1.165, 1.54) is 0 Å². The van der Waals surface area contributed by atoms with Crippen LogP contribution in [0, 0.1) is 5.92 Å². The summed E-state index contributed by atoms with van der Waals surface area (Å²) in [5.41, 5.74) is 0. The molecule has 0 aliphatic heterocycles. The second-order valence-electron chi connectivity index (χ2n) is 4.16. The number of amides is 1. The maximum absolute atomic E-state index is 11.2. The third kappa shape index (κ3) is 8.67. The van der Waals surface area contributed by atoms with Crippen molar-refractivity contribution >= 4 is 15.9 Å². The molecule has 0 saturated carbocycles. The van der Waals surface area contributed by atoms with Crippen molar-refractivity contribution in [2.24, 2.45) is 5.92 Å². The first-order valence-electron chi connectivity index (χ1n) is 5.61. The second kappa shape index (κ2) is 7.62. The third-order valence-electron chi connectivity index (χ3n) is 1.85. The van der Waals surface area contributed by atoms with Gasteiger partial charge in [-0.05, 0) is 12.3 Å². The summed E-state index contributed by atoms with van der Waals surface area (Å²) < 4.78 is 24.9. The van der Waals surface area contributed by atoms with Gasteiger partial charge in [-0.25, -0.2) is 13.1 Å². The minimum Gasteiger partial charge on any atom is -0.356 e. The van der Waals surface area contributed by atoms with E-state index in [1.807, 2.05) is 13.8 Å². The Bertz CT molecular complexity index is 299. The molecule has 0 aromatic heterocycles. The van der Waals surface area contributed by atoms with Gasteiger partial charge in [0.1, 0.15) is 0 Å². The van der Waals surface area contributed by atoms with E-state index >= 15 is 0 Å². The molecule has 0 aliphatic carbocycles. The van der Waals surface area contributed by atoms with Gasteiger partial charge in [0.05, 0.1) is 5.75 Å². The van der Waals surface area contributed by atoms with Crippen molar-refractivity contribution < 1.29 is 13.2 Å². The van der Waals surface area contributed by atoms with Gasteiger partial charge in [-0.15, -0.1) is 0 Å². The van der Waals surface area contributed by atoms with Crippen molar-refractivity contribution in [1.29, 1.82) is 0 Å². The minimum atomic E-state index is -3.19. The van der Waals surface area contributed by atoms with Crippen LogP contribution in [0.5, 0.6) is 0 Å². The third-order valence-corrected chi connectivity index (χ3v) is 3.44. The Morgan fingerprint density at radius 2 is 1.94 bits per heavy atom. The predicted molar refractivity (Wildman–Crippen MR) is 64.5 cm³/mol. The van der Waals surface area contributed by atoms with E-state index in [1.54, 1.807) is 6.92 Å². The van der Waals surface area contributed by atoms with Crippen LogP contribution in [0.2, 0.25) is 0 Å². The zero-order valence-electron chi connectivity index (χ0n) is 10.2.